The zero-order chi connectivity index (χ0) is 18.2. The molecule has 2 aromatic rings. The molecule has 2 N–H and O–H groups in total. The van der Waals surface area contributed by atoms with Crippen molar-refractivity contribution in [1.29, 1.82) is 0 Å². The number of hydrogen-bond acceptors (Lipinski definition) is 2. The van der Waals surface area contributed by atoms with Gasteiger partial charge in [-0.25, -0.2) is 0 Å². The van der Waals surface area contributed by atoms with E-state index in [0.717, 1.165) is 17.9 Å². The first-order chi connectivity index (χ1) is 12.0. The number of benzene rings is 2. The fourth-order valence-corrected chi connectivity index (χ4v) is 2.99. The van der Waals surface area contributed by atoms with Crippen LogP contribution < -0.4 is 15.4 Å². The zero-order valence-corrected chi connectivity index (χ0v) is 16.0. The van der Waals surface area contributed by atoms with Crippen molar-refractivity contribution in [2.45, 2.75) is 33.2 Å². The molecule has 0 aliphatic carbocycles. The van der Waals surface area contributed by atoms with E-state index in [4.69, 9.17) is 17.0 Å². The molecule has 0 radical (unpaired) electrons. The Balaban J connectivity index is 1.98. The molecular formula is C21H26N2OS. The van der Waals surface area contributed by atoms with Crippen LogP contribution in [0.1, 0.15) is 36.1 Å². The van der Waals surface area contributed by atoms with E-state index in [1.807, 2.05) is 24.3 Å². The Hall–Kier alpha value is -2.33. The first-order valence-corrected chi connectivity index (χ1v) is 8.92. The SMILES string of the molecule is C=CCOc1ccc(NC(=S)N[C@H](CC)c2ccc(C)cc2C)cc1. The van der Waals surface area contributed by atoms with E-state index >= 15 is 0 Å². The molecule has 0 saturated heterocycles. The summed E-state index contributed by atoms with van der Waals surface area (Å²) < 4.78 is 5.48. The minimum atomic E-state index is 0.191. The minimum absolute atomic E-state index is 0.191. The van der Waals surface area contributed by atoms with E-state index in [1.54, 1.807) is 6.08 Å². The van der Waals surface area contributed by atoms with Gasteiger partial charge in [-0.3, -0.25) is 0 Å². The maximum Gasteiger partial charge on any atom is 0.171 e. The molecule has 0 amide bonds. The van der Waals surface area contributed by atoms with E-state index in [0.29, 0.717) is 11.7 Å². The predicted molar refractivity (Wildman–Crippen MR) is 110 cm³/mol. The molecular weight excluding hydrogens is 328 g/mol. The first kappa shape index (κ1) is 19.0. The van der Waals surface area contributed by atoms with Crippen LogP contribution >= 0.6 is 12.2 Å². The van der Waals surface area contributed by atoms with Crippen molar-refractivity contribution in [3.8, 4) is 5.75 Å². The van der Waals surface area contributed by atoms with E-state index in [9.17, 15) is 0 Å². The molecule has 2 rings (SSSR count). The van der Waals surface area contributed by atoms with Crippen LogP contribution in [0.5, 0.6) is 5.75 Å². The third-order valence-electron chi connectivity index (χ3n) is 3.99. The van der Waals surface area contributed by atoms with Gasteiger partial charge in [-0.1, -0.05) is 43.3 Å². The minimum Gasteiger partial charge on any atom is -0.490 e. The Labute approximate surface area is 156 Å². The van der Waals surface area contributed by atoms with E-state index in [1.165, 1.54) is 16.7 Å². The van der Waals surface area contributed by atoms with Gasteiger partial charge in [0.05, 0.1) is 6.04 Å². The lowest BCUT2D eigenvalue weighted by Crippen LogP contribution is -2.32. The number of aryl methyl sites for hydroxylation is 2. The highest BCUT2D eigenvalue weighted by Crippen LogP contribution is 2.22. The van der Waals surface area contributed by atoms with Crippen LogP contribution in [0.2, 0.25) is 0 Å². The fourth-order valence-electron chi connectivity index (χ4n) is 2.73. The van der Waals surface area contributed by atoms with Crippen LogP contribution in [0.4, 0.5) is 5.69 Å². The summed E-state index contributed by atoms with van der Waals surface area (Å²) in [5.74, 6) is 0.811. The summed E-state index contributed by atoms with van der Waals surface area (Å²) >= 11 is 5.48. The number of hydrogen-bond donors (Lipinski definition) is 2. The molecule has 3 nitrogen and oxygen atoms in total. The normalized spacial score (nSPS) is 11.5. The highest BCUT2D eigenvalue weighted by molar-refractivity contribution is 7.80. The summed E-state index contributed by atoms with van der Waals surface area (Å²) in [5.41, 5.74) is 4.77. The van der Waals surface area contributed by atoms with Gasteiger partial charge in [0.15, 0.2) is 5.11 Å². The Morgan fingerprint density at radius 2 is 1.92 bits per heavy atom. The second-order valence-electron chi connectivity index (χ2n) is 6.04. The van der Waals surface area contributed by atoms with E-state index in [2.05, 4.69) is 56.2 Å². The van der Waals surface area contributed by atoms with Crippen LogP contribution in [-0.2, 0) is 0 Å². The number of rotatable bonds is 7. The molecule has 25 heavy (non-hydrogen) atoms. The van der Waals surface area contributed by atoms with Crippen molar-refractivity contribution < 1.29 is 4.74 Å². The molecule has 2 aromatic carbocycles. The largest absolute Gasteiger partial charge is 0.490 e. The Morgan fingerprint density at radius 3 is 2.52 bits per heavy atom. The molecule has 0 saturated carbocycles. The lowest BCUT2D eigenvalue weighted by Gasteiger charge is -2.22. The van der Waals surface area contributed by atoms with Crippen molar-refractivity contribution in [1.82, 2.24) is 5.32 Å². The van der Waals surface area contributed by atoms with Gasteiger partial charge in [0.2, 0.25) is 0 Å². The van der Waals surface area contributed by atoms with Crippen LogP contribution in [0.25, 0.3) is 0 Å². The Bertz CT molecular complexity index is 725. The summed E-state index contributed by atoms with van der Waals surface area (Å²) in [6.45, 7) is 10.6. The van der Waals surface area contributed by atoms with Gasteiger partial charge in [0.1, 0.15) is 12.4 Å². The number of thiocarbonyl (C=S) groups is 1. The van der Waals surface area contributed by atoms with Crippen molar-refractivity contribution >= 4 is 23.0 Å². The number of nitrogens with one attached hydrogen (secondary N) is 2. The summed E-state index contributed by atoms with van der Waals surface area (Å²) in [7, 11) is 0. The van der Waals surface area contributed by atoms with Crippen molar-refractivity contribution in [3.05, 3.63) is 71.8 Å². The van der Waals surface area contributed by atoms with Gasteiger partial charge in [0, 0.05) is 5.69 Å². The monoisotopic (exact) mass is 354 g/mol. The second kappa shape index (κ2) is 9.23. The highest BCUT2D eigenvalue weighted by Gasteiger charge is 2.13. The van der Waals surface area contributed by atoms with Gasteiger partial charge in [-0.2, -0.15) is 0 Å². The Morgan fingerprint density at radius 1 is 1.20 bits per heavy atom. The van der Waals surface area contributed by atoms with Gasteiger partial charge < -0.3 is 15.4 Å². The number of anilines is 1. The molecule has 1 atom stereocenters. The molecule has 0 fully saturated rings. The van der Waals surface area contributed by atoms with E-state index in [-0.39, 0.29) is 6.04 Å². The molecule has 0 spiro atoms. The summed E-state index contributed by atoms with van der Waals surface area (Å²) in [4.78, 5) is 0. The molecule has 0 aliphatic heterocycles. The number of ether oxygens (including phenoxy) is 1. The molecule has 132 valence electrons. The maximum absolute atomic E-state index is 5.48. The molecule has 0 aromatic heterocycles. The zero-order valence-electron chi connectivity index (χ0n) is 15.1. The fraction of sp³-hybridized carbons (Fsp3) is 0.286. The van der Waals surface area contributed by atoms with Gasteiger partial charge in [0.25, 0.3) is 0 Å². The average molecular weight is 355 g/mol. The first-order valence-electron chi connectivity index (χ1n) is 8.52. The quantitative estimate of drug-likeness (QED) is 0.522. The highest BCUT2D eigenvalue weighted by atomic mass is 32.1. The summed E-state index contributed by atoms with van der Waals surface area (Å²) in [6.07, 6.45) is 2.68. The van der Waals surface area contributed by atoms with Crippen LogP contribution in [0.15, 0.2) is 55.1 Å². The van der Waals surface area contributed by atoms with Gasteiger partial charge in [-0.05, 0) is 67.9 Å². The molecule has 0 aliphatic rings. The third-order valence-corrected chi connectivity index (χ3v) is 4.21. The van der Waals surface area contributed by atoms with Crippen molar-refractivity contribution in [3.63, 3.8) is 0 Å². The average Bonchev–Trinajstić information content (AvgIpc) is 2.59. The molecule has 0 unspecified atom stereocenters. The topological polar surface area (TPSA) is 33.3 Å². The molecule has 0 heterocycles. The second-order valence-corrected chi connectivity index (χ2v) is 6.45. The maximum atomic E-state index is 5.48. The lowest BCUT2D eigenvalue weighted by molar-refractivity contribution is 0.363. The van der Waals surface area contributed by atoms with Gasteiger partial charge in [-0.15, -0.1) is 0 Å². The third kappa shape index (κ3) is 5.61. The lowest BCUT2D eigenvalue weighted by atomic mass is 9.98. The van der Waals surface area contributed by atoms with E-state index < -0.39 is 0 Å². The van der Waals surface area contributed by atoms with Crippen LogP contribution in [0, 0.1) is 13.8 Å². The molecule has 4 heteroatoms. The Kier molecular flexibility index (Phi) is 7.02. The van der Waals surface area contributed by atoms with Crippen molar-refractivity contribution in [2.75, 3.05) is 11.9 Å². The van der Waals surface area contributed by atoms with Gasteiger partial charge >= 0.3 is 0 Å². The van der Waals surface area contributed by atoms with Crippen molar-refractivity contribution in [2.24, 2.45) is 0 Å². The summed E-state index contributed by atoms with van der Waals surface area (Å²) in [6, 6.07) is 14.4. The molecule has 0 bridgehead atoms. The summed E-state index contributed by atoms with van der Waals surface area (Å²) in [5, 5.41) is 7.27. The predicted octanol–water partition coefficient (Wildman–Crippen LogP) is 5.31. The standard InChI is InChI=1S/C21H26N2OS/c1-5-13-24-18-10-8-17(9-11-18)22-21(25)23-20(6-2)19-12-7-15(3)14-16(19)4/h5,7-12,14,20H,1,6,13H2,2-4H3,(H2,22,23,25)/t20-/m1/s1. The van der Waals surface area contributed by atoms with Crippen LogP contribution in [-0.4, -0.2) is 11.7 Å². The van der Waals surface area contributed by atoms with Crippen LogP contribution in [0.3, 0.4) is 0 Å². The smallest absolute Gasteiger partial charge is 0.171 e.